The standard InChI is InChI=1S/C72H134O6/c1-4-7-10-13-16-19-22-25-28-30-32-34-35-36-37-39-40-42-44-47-50-53-56-59-62-65-71(74)77-68-69(67-76-70(73)64-61-58-55-52-49-46-27-24-21-18-15-12-9-6-3)78-72(75)66-63-60-57-54-51-48-45-43-41-38-33-31-29-26-23-20-17-14-11-8-5-2/h22,24-25,27,30,32,69H,4-21,23,26,28-29,31,33-68H2,1-3H3/b25-22-,27-24-,32-30-. The molecule has 0 spiro atoms. The second-order valence-corrected chi connectivity index (χ2v) is 23.8. The van der Waals surface area contributed by atoms with Gasteiger partial charge in [0.15, 0.2) is 6.10 Å². The molecule has 458 valence electrons. The minimum atomic E-state index is -0.774. The Morgan fingerprint density at radius 3 is 0.718 bits per heavy atom. The highest BCUT2D eigenvalue weighted by molar-refractivity contribution is 5.71. The van der Waals surface area contributed by atoms with Crippen molar-refractivity contribution < 1.29 is 28.6 Å². The van der Waals surface area contributed by atoms with Gasteiger partial charge in [0.05, 0.1) is 0 Å². The lowest BCUT2D eigenvalue weighted by Crippen LogP contribution is -2.30. The summed E-state index contributed by atoms with van der Waals surface area (Å²) in [4.78, 5) is 38.4. The zero-order valence-electron chi connectivity index (χ0n) is 52.7. The van der Waals surface area contributed by atoms with Gasteiger partial charge in [-0.25, -0.2) is 0 Å². The molecule has 0 fully saturated rings. The predicted molar refractivity (Wildman–Crippen MR) is 339 cm³/mol. The second-order valence-electron chi connectivity index (χ2n) is 23.8. The molecule has 0 N–H and O–H groups in total. The minimum Gasteiger partial charge on any atom is -0.462 e. The lowest BCUT2D eigenvalue weighted by Gasteiger charge is -2.18. The van der Waals surface area contributed by atoms with Crippen LogP contribution in [-0.2, 0) is 28.6 Å². The van der Waals surface area contributed by atoms with Crippen molar-refractivity contribution in [3.63, 3.8) is 0 Å². The van der Waals surface area contributed by atoms with E-state index in [1.54, 1.807) is 0 Å². The zero-order valence-corrected chi connectivity index (χ0v) is 52.7. The van der Waals surface area contributed by atoms with Gasteiger partial charge in [-0.05, 0) is 77.0 Å². The van der Waals surface area contributed by atoms with Crippen molar-refractivity contribution in [2.75, 3.05) is 13.2 Å². The third kappa shape index (κ3) is 64.5. The fourth-order valence-electron chi connectivity index (χ4n) is 10.6. The maximum absolute atomic E-state index is 12.9. The lowest BCUT2D eigenvalue weighted by atomic mass is 10.0. The maximum atomic E-state index is 12.9. The molecule has 6 heteroatoms. The molecule has 0 saturated heterocycles. The molecule has 0 radical (unpaired) electrons. The van der Waals surface area contributed by atoms with E-state index in [1.807, 2.05) is 0 Å². The predicted octanol–water partition coefficient (Wildman–Crippen LogP) is 23.9. The van der Waals surface area contributed by atoms with Crippen LogP contribution in [0.4, 0.5) is 0 Å². The zero-order chi connectivity index (χ0) is 56.4. The summed E-state index contributed by atoms with van der Waals surface area (Å²) in [5.74, 6) is -0.851. The molecule has 0 aliphatic heterocycles. The van der Waals surface area contributed by atoms with Crippen LogP contribution in [0.15, 0.2) is 36.5 Å². The Labute approximate surface area is 486 Å². The van der Waals surface area contributed by atoms with Crippen molar-refractivity contribution in [2.45, 2.75) is 393 Å². The number of allylic oxidation sites excluding steroid dienone is 6. The summed E-state index contributed by atoms with van der Waals surface area (Å²) in [5.41, 5.74) is 0. The van der Waals surface area contributed by atoms with E-state index in [0.29, 0.717) is 19.3 Å². The Morgan fingerprint density at radius 1 is 0.256 bits per heavy atom. The average molecular weight is 1100 g/mol. The fourth-order valence-corrected chi connectivity index (χ4v) is 10.6. The summed E-state index contributed by atoms with van der Waals surface area (Å²) in [6, 6.07) is 0. The van der Waals surface area contributed by atoms with E-state index >= 15 is 0 Å². The number of rotatable bonds is 65. The summed E-state index contributed by atoms with van der Waals surface area (Å²) in [7, 11) is 0. The van der Waals surface area contributed by atoms with Crippen molar-refractivity contribution in [1.82, 2.24) is 0 Å². The summed E-state index contributed by atoms with van der Waals surface area (Å²) >= 11 is 0. The van der Waals surface area contributed by atoms with E-state index in [2.05, 4.69) is 57.2 Å². The number of unbranched alkanes of at least 4 members (excludes halogenated alkanes) is 48. The van der Waals surface area contributed by atoms with Crippen LogP contribution in [0, 0.1) is 0 Å². The van der Waals surface area contributed by atoms with Crippen LogP contribution in [-0.4, -0.2) is 37.2 Å². The van der Waals surface area contributed by atoms with Crippen LogP contribution in [0.3, 0.4) is 0 Å². The molecule has 0 saturated carbocycles. The highest BCUT2D eigenvalue weighted by Crippen LogP contribution is 2.18. The summed E-state index contributed by atoms with van der Waals surface area (Å²) in [5, 5.41) is 0. The van der Waals surface area contributed by atoms with Crippen LogP contribution in [0.25, 0.3) is 0 Å². The van der Waals surface area contributed by atoms with Crippen LogP contribution in [0.2, 0.25) is 0 Å². The van der Waals surface area contributed by atoms with Gasteiger partial charge in [-0.3, -0.25) is 14.4 Å². The van der Waals surface area contributed by atoms with Crippen LogP contribution < -0.4 is 0 Å². The Kier molecular flexibility index (Phi) is 65.1. The molecule has 0 heterocycles. The van der Waals surface area contributed by atoms with E-state index in [1.165, 1.54) is 276 Å². The van der Waals surface area contributed by atoms with Crippen molar-refractivity contribution in [1.29, 1.82) is 0 Å². The molecule has 0 bridgehead atoms. The molecule has 1 atom stereocenters. The van der Waals surface area contributed by atoms with Gasteiger partial charge in [0.1, 0.15) is 13.2 Å². The molecule has 0 amide bonds. The Bertz CT molecular complexity index is 1300. The third-order valence-electron chi connectivity index (χ3n) is 15.9. The summed E-state index contributed by atoms with van der Waals surface area (Å²) < 4.78 is 17.0. The SMILES string of the molecule is CCCCCCC/C=C\C/C=C\CCCCCCCCCCCCCCCC(=O)OCC(COC(=O)CCCCCCC/C=C\CCCCCCC)OC(=O)CCCCCCCCCCCCCCCCCCCCCCC. The molecular formula is C72H134O6. The Hall–Kier alpha value is -2.37. The molecule has 1 unspecified atom stereocenters. The van der Waals surface area contributed by atoms with Gasteiger partial charge in [-0.15, -0.1) is 0 Å². The summed E-state index contributed by atoms with van der Waals surface area (Å²) in [6.07, 6.45) is 83.1. The van der Waals surface area contributed by atoms with Gasteiger partial charge in [0, 0.05) is 19.3 Å². The maximum Gasteiger partial charge on any atom is 0.306 e. The van der Waals surface area contributed by atoms with Crippen molar-refractivity contribution in [2.24, 2.45) is 0 Å². The topological polar surface area (TPSA) is 78.9 Å². The highest BCUT2D eigenvalue weighted by Gasteiger charge is 2.19. The van der Waals surface area contributed by atoms with E-state index in [9.17, 15) is 14.4 Å². The van der Waals surface area contributed by atoms with E-state index < -0.39 is 6.10 Å². The van der Waals surface area contributed by atoms with E-state index in [4.69, 9.17) is 14.2 Å². The first-order chi connectivity index (χ1) is 38.5. The quantitative estimate of drug-likeness (QED) is 0.0261. The largest absolute Gasteiger partial charge is 0.462 e. The van der Waals surface area contributed by atoms with Crippen LogP contribution in [0.1, 0.15) is 387 Å². The number of hydrogen-bond acceptors (Lipinski definition) is 6. The van der Waals surface area contributed by atoms with Crippen LogP contribution in [0.5, 0.6) is 0 Å². The molecule has 0 aliphatic carbocycles. The second kappa shape index (κ2) is 67.1. The van der Waals surface area contributed by atoms with Crippen molar-refractivity contribution >= 4 is 17.9 Å². The molecule has 0 aromatic rings. The van der Waals surface area contributed by atoms with Gasteiger partial charge in [0.2, 0.25) is 0 Å². The molecular weight excluding hydrogens is 961 g/mol. The summed E-state index contributed by atoms with van der Waals surface area (Å²) in [6.45, 7) is 6.69. The number of carbonyl (C=O) groups is 3. The first-order valence-corrected chi connectivity index (χ1v) is 35.0. The molecule has 0 rings (SSSR count). The third-order valence-corrected chi connectivity index (χ3v) is 15.9. The van der Waals surface area contributed by atoms with E-state index in [-0.39, 0.29) is 31.1 Å². The normalized spacial score (nSPS) is 12.2. The fraction of sp³-hybridized carbons (Fsp3) is 0.875. The highest BCUT2D eigenvalue weighted by atomic mass is 16.6. The monoisotopic (exact) mass is 1100 g/mol. The molecule has 78 heavy (non-hydrogen) atoms. The minimum absolute atomic E-state index is 0.0702. The first kappa shape index (κ1) is 75.6. The Morgan fingerprint density at radius 2 is 0.462 bits per heavy atom. The van der Waals surface area contributed by atoms with Gasteiger partial charge in [-0.1, -0.05) is 327 Å². The van der Waals surface area contributed by atoms with Crippen molar-refractivity contribution in [3.05, 3.63) is 36.5 Å². The number of carbonyl (C=O) groups excluding carboxylic acids is 3. The molecule has 0 aromatic heterocycles. The average Bonchev–Trinajstić information content (AvgIpc) is 3.44. The van der Waals surface area contributed by atoms with Crippen molar-refractivity contribution in [3.8, 4) is 0 Å². The molecule has 0 aliphatic rings. The Balaban J connectivity index is 4.26. The van der Waals surface area contributed by atoms with Crippen LogP contribution >= 0.6 is 0 Å². The smallest absolute Gasteiger partial charge is 0.306 e. The van der Waals surface area contributed by atoms with E-state index in [0.717, 1.165) is 70.6 Å². The number of esters is 3. The van der Waals surface area contributed by atoms with Gasteiger partial charge >= 0.3 is 17.9 Å². The number of ether oxygens (including phenoxy) is 3. The first-order valence-electron chi connectivity index (χ1n) is 35.0. The van der Waals surface area contributed by atoms with Gasteiger partial charge in [0.25, 0.3) is 0 Å². The van der Waals surface area contributed by atoms with Gasteiger partial charge < -0.3 is 14.2 Å². The van der Waals surface area contributed by atoms with Gasteiger partial charge in [-0.2, -0.15) is 0 Å². The molecule has 0 aromatic carbocycles. The molecule has 6 nitrogen and oxygen atoms in total. The number of hydrogen-bond donors (Lipinski definition) is 0. The lowest BCUT2D eigenvalue weighted by molar-refractivity contribution is -0.167.